The first-order valence-electron chi connectivity index (χ1n) is 7.80. The Morgan fingerprint density at radius 3 is 2.93 bits per heavy atom. The van der Waals surface area contributed by atoms with Crippen LogP contribution in [0.15, 0.2) is 41.0 Å². The van der Waals surface area contributed by atoms with Crippen LogP contribution in [0.3, 0.4) is 0 Å². The second-order valence-electron chi connectivity index (χ2n) is 5.56. The minimum absolute atomic E-state index is 0.199. The van der Waals surface area contributed by atoms with Crippen molar-refractivity contribution in [2.45, 2.75) is 6.10 Å². The number of hydrogen-bond acceptors (Lipinski definition) is 7. The van der Waals surface area contributed by atoms with Gasteiger partial charge >= 0.3 is 0 Å². The number of aromatic nitrogens is 1. The fourth-order valence-electron chi connectivity index (χ4n) is 2.28. The van der Waals surface area contributed by atoms with Gasteiger partial charge in [0.05, 0.1) is 28.2 Å². The average Bonchev–Trinajstić information content (AvgIpc) is 3.12. The van der Waals surface area contributed by atoms with Crippen molar-refractivity contribution in [3.05, 3.63) is 52.4 Å². The molecule has 1 heterocycles. The third kappa shape index (κ3) is 4.60. The van der Waals surface area contributed by atoms with Crippen LogP contribution in [0, 0.1) is 5.82 Å². The van der Waals surface area contributed by atoms with E-state index in [0.717, 1.165) is 5.39 Å². The van der Waals surface area contributed by atoms with Crippen LogP contribution in [-0.4, -0.2) is 39.8 Å². The van der Waals surface area contributed by atoms with Gasteiger partial charge in [-0.2, -0.15) is 4.37 Å². The number of hydroxylamine groups is 1. The lowest BCUT2D eigenvalue weighted by atomic mass is 10.1. The molecule has 2 aromatic carbocycles. The summed E-state index contributed by atoms with van der Waals surface area (Å²) in [6, 6.07) is 7.83. The number of carbonyl (C=O) groups is 1. The molecular weight excluding hydrogens is 441 g/mol. The molecule has 0 saturated carbocycles. The molecule has 3 aromatic rings. The van der Waals surface area contributed by atoms with E-state index in [1.54, 1.807) is 30.5 Å². The van der Waals surface area contributed by atoms with Gasteiger partial charge in [-0.05, 0) is 35.8 Å². The lowest BCUT2D eigenvalue weighted by Crippen LogP contribution is -2.30. The Bertz CT molecular complexity index is 969. The number of anilines is 2. The van der Waals surface area contributed by atoms with Crippen LogP contribution in [0.1, 0.15) is 10.4 Å². The first-order chi connectivity index (χ1) is 13.0. The monoisotopic (exact) mass is 455 g/mol. The molecule has 27 heavy (non-hydrogen) atoms. The summed E-state index contributed by atoms with van der Waals surface area (Å²) in [5.41, 5.74) is 3.01. The number of halogens is 2. The van der Waals surface area contributed by atoms with Crippen LogP contribution in [-0.2, 0) is 4.84 Å². The molecule has 0 radical (unpaired) electrons. The van der Waals surface area contributed by atoms with Crippen LogP contribution in [0.2, 0.25) is 0 Å². The molecule has 0 bridgehead atoms. The van der Waals surface area contributed by atoms with Crippen LogP contribution in [0.25, 0.3) is 10.1 Å². The zero-order valence-corrected chi connectivity index (χ0v) is 16.2. The standard InChI is InChI=1S/C17H15BrFN3O4S/c18-10-2-4-14(13(19)5-10)21-15-12(3-1-9-6-20-27-16(9)15)17(25)22-26-8-11(24)7-23/h1-6,11,21,23-24H,7-8H2,(H,22,25). The molecule has 0 saturated heterocycles. The topological polar surface area (TPSA) is 104 Å². The van der Waals surface area contributed by atoms with Gasteiger partial charge in [0.2, 0.25) is 0 Å². The number of nitrogens with zero attached hydrogens (tertiary/aromatic N) is 1. The zero-order valence-electron chi connectivity index (χ0n) is 13.8. The number of aliphatic hydroxyl groups excluding tert-OH is 2. The fraction of sp³-hybridized carbons (Fsp3) is 0.176. The Morgan fingerprint density at radius 1 is 1.37 bits per heavy atom. The Kier molecular flexibility index (Phi) is 6.34. The molecule has 0 aliphatic heterocycles. The molecule has 1 atom stereocenters. The number of rotatable bonds is 7. The van der Waals surface area contributed by atoms with Gasteiger partial charge in [0.15, 0.2) is 0 Å². The lowest BCUT2D eigenvalue weighted by Gasteiger charge is -2.14. The van der Waals surface area contributed by atoms with E-state index in [2.05, 4.69) is 31.1 Å². The summed E-state index contributed by atoms with van der Waals surface area (Å²) in [7, 11) is 0. The van der Waals surface area contributed by atoms with Gasteiger partial charge in [-0.3, -0.25) is 9.63 Å². The molecule has 1 unspecified atom stereocenters. The van der Waals surface area contributed by atoms with Crippen LogP contribution in [0.4, 0.5) is 15.8 Å². The van der Waals surface area contributed by atoms with Crippen molar-refractivity contribution in [3.8, 4) is 0 Å². The predicted molar refractivity (Wildman–Crippen MR) is 104 cm³/mol. The van der Waals surface area contributed by atoms with Gasteiger partial charge in [0.1, 0.15) is 18.5 Å². The summed E-state index contributed by atoms with van der Waals surface area (Å²) in [4.78, 5) is 17.4. The first kappa shape index (κ1) is 19.6. The summed E-state index contributed by atoms with van der Waals surface area (Å²) >= 11 is 4.37. The molecule has 0 spiro atoms. The van der Waals surface area contributed by atoms with Crippen molar-refractivity contribution in [1.82, 2.24) is 9.85 Å². The highest BCUT2D eigenvalue weighted by molar-refractivity contribution is 9.10. The summed E-state index contributed by atoms with van der Waals surface area (Å²) in [5, 5.41) is 21.8. The highest BCUT2D eigenvalue weighted by Gasteiger charge is 2.18. The maximum atomic E-state index is 14.2. The van der Waals surface area contributed by atoms with E-state index in [1.165, 1.54) is 17.6 Å². The third-order valence-electron chi connectivity index (χ3n) is 3.61. The Morgan fingerprint density at radius 2 is 2.19 bits per heavy atom. The number of hydrogen-bond donors (Lipinski definition) is 4. The minimum atomic E-state index is -1.11. The molecule has 1 amide bonds. The minimum Gasteiger partial charge on any atom is -0.394 e. The van der Waals surface area contributed by atoms with E-state index in [1.807, 2.05) is 0 Å². The maximum absolute atomic E-state index is 14.2. The van der Waals surface area contributed by atoms with E-state index in [-0.39, 0.29) is 17.9 Å². The summed E-state index contributed by atoms with van der Waals surface area (Å²) in [6.07, 6.45) is 0.544. The molecular formula is C17H15BrFN3O4S. The molecule has 0 fully saturated rings. The van der Waals surface area contributed by atoms with E-state index in [4.69, 9.17) is 9.94 Å². The molecule has 142 valence electrons. The van der Waals surface area contributed by atoms with Gasteiger partial charge in [-0.1, -0.05) is 22.0 Å². The molecule has 3 rings (SSSR count). The van der Waals surface area contributed by atoms with Gasteiger partial charge in [0.25, 0.3) is 5.91 Å². The van der Waals surface area contributed by atoms with E-state index >= 15 is 0 Å². The van der Waals surface area contributed by atoms with Crippen molar-refractivity contribution < 1.29 is 24.2 Å². The van der Waals surface area contributed by atoms with E-state index in [0.29, 0.717) is 14.9 Å². The number of fused-ring (bicyclic) bond motifs is 1. The molecule has 10 heteroatoms. The summed E-state index contributed by atoms with van der Waals surface area (Å²) in [6.45, 7) is -0.756. The number of nitrogens with one attached hydrogen (secondary N) is 2. The van der Waals surface area contributed by atoms with Crippen molar-refractivity contribution in [3.63, 3.8) is 0 Å². The number of benzene rings is 2. The second-order valence-corrected chi connectivity index (χ2v) is 7.28. The summed E-state index contributed by atoms with van der Waals surface area (Å²) < 4.78 is 19.6. The molecule has 0 aliphatic carbocycles. The highest BCUT2D eigenvalue weighted by atomic mass is 79.9. The normalized spacial score (nSPS) is 12.1. The van der Waals surface area contributed by atoms with E-state index < -0.39 is 24.4 Å². The average molecular weight is 456 g/mol. The predicted octanol–water partition coefficient (Wildman–Crippen LogP) is 2.96. The van der Waals surface area contributed by atoms with Crippen molar-refractivity contribution in [2.75, 3.05) is 18.5 Å². The molecule has 4 N–H and O–H groups in total. The Balaban J connectivity index is 1.91. The Labute approximate surface area is 166 Å². The van der Waals surface area contributed by atoms with Gasteiger partial charge in [-0.15, -0.1) is 0 Å². The fourth-order valence-corrected chi connectivity index (χ4v) is 3.37. The molecule has 0 aliphatic rings. The van der Waals surface area contributed by atoms with Gasteiger partial charge in [-0.25, -0.2) is 9.87 Å². The number of aliphatic hydroxyl groups is 2. The largest absolute Gasteiger partial charge is 0.394 e. The summed E-state index contributed by atoms with van der Waals surface area (Å²) in [5.74, 6) is -1.07. The smallest absolute Gasteiger partial charge is 0.277 e. The number of amides is 1. The number of carbonyl (C=O) groups excluding carboxylic acids is 1. The maximum Gasteiger partial charge on any atom is 0.277 e. The highest BCUT2D eigenvalue weighted by Crippen LogP contribution is 2.34. The van der Waals surface area contributed by atoms with Crippen molar-refractivity contribution in [1.29, 1.82) is 0 Å². The van der Waals surface area contributed by atoms with Gasteiger partial charge < -0.3 is 15.5 Å². The third-order valence-corrected chi connectivity index (χ3v) is 4.94. The van der Waals surface area contributed by atoms with Gasteiger partial charge in [0, 0.05) is 16.1 Å². The van der Waals surface area contributed by atoms with Crippen LogP contribution < -0.4 is 10.8 Å². The van der Waals surface area contributed by atoms with Crippen LogP contribution >= 0.6 is 27.5 Å². The lowest BCUT2D eigenvalue weighted by molar-refractivity contribution is -0.0295. The molecule has 1 aromatic heterocycles. The SMILES string of the molecule is O=C(NOCC(O)CO)c1ccc2cnsc2c1Nc1ccc(Br)cc1F. The quantitative estimate of drug-likeness (QED) is 0.408. The first-order valence-corrected chi connectivity index (χ1v) is 9.36. The second kappa shape index (κ2) is 8.72. The van der Waals surface area contributed by atoms with Crippen LogP contribution in [0.5, 0.6) is 0 Å². The Hall–Kier alpha value is -2.11. The zero-order chi connectivity index (χ0) is 19.4. The van der Waals surface area contributed by atoms with E-state index in [9.17, 15) is 14.3 Å². The van der Waals surface area contributed by atoms with Crippen molar-refractivity contribution in [2.24, 2.45) is 0 Å². The van der Waals surface area contributed by atoms with Crippen molar-refractivity contribution >= 4 is 54.8 Å². The molecule has 7 nitrogen and oxygen atoms in total.